The molecule has 0 atom stereocenters. The number of ether oxygens (including phenoxy) is 1. The molecule has 1 amide bonds. The molecular formula is C23H24N4O2. The van der Waals surface area contributed by atoms with Crippen LogP contribution in [-0.2, 0) is 6.54 Å². The van der Waals surface area contributed by atoms with Gasteiger partial charge in [0.2, 0.25) is 0 Å². The van der Waals surface area contributed by atoms with Crippen LogP contribution < -0.4 is 10.1 Å². The molecule has 4 aromatic rings. The number of aromatic nitrogens is 3. The zero-order valence-corrected chi connectivity index (χ0v) is 16.9. The molecule has 0 fully saturated rings. The number of nitrogens with zero attached hydrogens (tertiary/aromatic N) is 3. The van der Waals surface area contributed by atoms with Crippen molar-refractivity contribution in [2.24, 2.45) is 0 Å². The van der Waals surface area contributed by atoms with Crippen molar-refractivity contribution in [2.45, 2.75) is 33.2 Å². The van der Waals surface area contributed by atoms with E-state index in [2.05, 4.69) is 17.3 Å². The average molecular weight is 388 g/mol. The lowest BCUT2D eigenvalue weighted by Gasteiger charge is -2.05. The van der Waals surface area contributed by atoms with E-state index in [0.717, 1.165) is 52.6 Å². The van der Waals surface area contributed by atoms with Crippen LogP contribution in [0.3, 0.4) is 0 Å². The van der Waals surface area contributed by atoms with Crippen LogP contribution in [0.5, 0.6) is 5.75 Å². The maximum Gasteiger partial charge on any atom is 0.256 e. The summed E-state index contributed by atoms with van der Waals surface area (Å²) in [5, 5.41) is 9.41. The van der Waals surface area contributed by atoms with Gasteiger partial charge in [0, 0.05) is 17.5 Å². The van der Waals surface area contributed by atoms with Crippen LogP contribution in [0.1, 0.15) is 35.7 Å². The van der Waals surface area contributed by atoms with Crippen molar-refractivity contribution in [3.8, 4) is 5.75 Å². The van der Waals surface area contributed by atoms with Crippen molar-refractivity contribution in [1.29, 1.82) is 0 Å². The van der Waals surface area contributed by atoms with Crippen LogP contribution in [0.2, 0.25) is 0 Å². The Morgan fingerprint density at radius 1 is 1.17 bits per heavy atom. The highest BCUT2D eigenvalue weighted by molar-refractivity contribution is 6.09. The number of carbonyl (C=O) groups is 1. The summed E-state index contributed by atoms with van der Waals surface area (Å²) in [6.07, 6.45) is 2.04. The summed E-state index contributed by atoms with van der Waals surface area (Å²) < 4.78 is 7.22. The predicted octanol–water partition coefficient (Wildman–Crippen LogP) is 4.95. The average Bonchev–Trinajstić information content (AvgIpc) is 3.06. The minimum atomic E-state index is -0.179. The number of amides is 1. The minimum Gasteiger partial charge on any atom is -0.497 e. The van der Waals surface area contributed by atoms with Gasteiger partial charge in [0.1, 0.15) is 5.75 Å². The molecule has 2 aromatic carbocycles. The fourth-order valence-corrected chi connectivity index (χ4v) is 3.39. The van der Waals surface area contributed by atoms with Crippen LogP contribution in [0.15, 0.2) is 48.5 Å². The molecule has 0 unspecified atom stereocenters. The van der Waals surface area contributed by atoms with Crippen molar-refractivity contribution in [3.63, 3.8) is 0 Å². The van der Waals surface area contributed by atoms with Gasteiger partial charge in [0.15, 0.2) is 11.5 Å². The van der Waals surface area contributed by atoms with Crippen LogP contribution in [0, 0.1) is 6.92 Å². The van der Waals surface area contributed by atoms with Gasteiger partial charge in [-0.2, -0.15) is 5.10 Å². The highest BCUT2D eigenvalue weighted by Gasteiger charge is 2.16. The number of methoxy groups -OCH3 is 1. The fourth-order valence-electron chi connectivity index (χ4n) is 3.39. The van der Waals surface area contributed by atoms with E-state index < -0.39 is 0 Å². The molecule has 0 bridgehead atoms. The summed E-state index contributed by atoms with van der Waals surface area (Å²) in [5.74, 6) is 1.11. The summed E-state index contributed by atoms with van der Waals surface area (Å²) in [4.78, 5) is 17.6. The first-order valence-electron chi connectivity index (χ1n) is 9.82. The standard InChI is InChI=1S/C23H24N4O2/c1-4-5-11-27-22-19(14-17-13-18(29-3)9-10-20(17)24-22)21(26-27)25-23(28)16-8-6-7-15(2)12-16/h6-10,12-14H,4-5,11H2,1-3H3,(H,25,26,28). The molecule has 0 radical (unpaired) electrons. The third-order valence-electron chi connectivity index (χ3n) is 4.96. The Morgan fingerprint density at radius 3 is 2.79 bits per heavy atom. The van der Waals surface area contributed by atoms with Gasteiger partial charge in [-0.05, 0) is 49.7 Å². The van der Waals surface area contributed by atoms with Crippen molar-refractivity contribution in [2.75, 3.05) is 12.4 Å². The maximum atomic E-state index is 12.8. The minimum absolute atomic E-state index is 0.179. The van der Waals surface area contributed by atoms with Crippen LogP contribution >= 0.6 is 0 Å². The molecule has 0 spiro atoms. The number of aryl methyl sites for hydroxylation is 2. The zero-order chi connectivity index (χ0) is 20.4. The number of unbranched alkanes of at least 4 members (excludes halogenated alkanes) is 1. The molecule has 6 nitrogen and oxygen atoms in total. The Labute approximate surface area is 169 Å². The second kappa shape index (κ2) is 7.91. The van der Waals surface area contributed by atoms with Gasteiger partial charge in [-0.15, -0.1) is 0 Å². The molecule has 2 aromatic heterocycles. The highest BCUT2D eigenvalue weighted by Crippen LogP contribution is 2.28. The summed E-state index contributed by atoms with van der Waals surface area (Å²) in [6, 6.07) is 15.3. The normalized spacial score (nSPS) is 11.1. The second-order valence-corrected chi connectivity index (χ2v) is 7.17. The Hall–Kier alpha value is -3.41. The van der Waals surface area contributed by atoms with Crippen molar-refractivity contribution < 1.29 is 9.53 Å². The molecule has 29 heavy (non-hydrogen) atoms. The second-order valence-electron chi connectivity index (χ2n) is 7.17. The quantitative estimate of drug-likeness (QED) is 0.507. The van der Waals surface area contributed by atoms with Crippen molar-refractivity contribution in [1.82, 2.24) is 14.8 Å². The van der Waals surface area contributed by atoms with E-state index in [4.69, 9.17) is 9.72 Å². The molecule has 0 aliphatic heterocycles. The Balaban J connectivity index is 1.80. The van der Waals surface area contributed by atoms with Crippen molar-refractivity contribution in [3.05, 3.63) is 59.7 Å². The summed E-state index contributed by atoms with van der Waals surface area (Å²) in [6.45, 7) is 4.86. The number of rotatable bonds is 6. The van der Waals surface area contributed by atoms with Crippen LogP contribution in [0.25, 0.3) is 21.9 Å². The van der Waals surface area contributed by atoms with Gasteiger partial charge in [-0.1, -0.05) is 31.0 Å². The smallest absolute Gasteiger partial charge is 0.256 e. The van der Waals surface area contributed by atoms with E-state index in [0.29, 0.717) is 11.4 Å². The predicted molar refractivity (Wildman–Crippen MR) is 116 cm³/mol. The van der Waals surface area contributed by atoms with E-state index in [1.54, 1.807) is 13.2 Å². The van der Waals surface area contributed by atoms with E-state index in [1.807, 2.05) is 54.1 Å². The summed E-state index contributed by atoms with van der Waals surface area (Å²) in [5.41, 5.74) is 3.29. The number of hydrogen-bond donors (Lipinski definition) is 1. The third-order valence-corrected chi connectivity index (χ3v) is 4.96. The molecule has 0 saturated heterocycles. The van der Waals surface area contributed by atoms with Gasteiger partial charge in [-0.3, -0.25) is 4.79 Å². The van der Waals surface area contributed by atoms with E-state index in [9.17, 15) is 4.79 Å². The number of benzene rings is 2. The Kier molecular flexibility index (Phi) is 5.16. The van der Waals surface area contributed by atoms with E-state index in [-0.39, 0.29) is 5.91 Å². The molecule has 0 saturated carbocycles. The molecule has 1 N–H and O–H groups in total. The first kappa shape index (κ1) is 18.9. The number of anilines is 1. The number of nitrogens with one attached hydrogen (secondary N) is 1. The SMILES string of the molecule is CCCCn1nc(NC(=O)c2cccc(C)c2)c2cc3cc(OC)ccc3nc21. The van der Waals surface area contributed by atoms with Crippen molar-refractivity contribution >= 4 is 33.7 Å². The largest absolute Gasteiger partial charge is 0.497 e. The van der Waals surface area contributed by atoms with Gasteiger partial charge >= 0.3 is 0 Å². The number of pyridine rings is 1. The summed E-state index contributed by atoms with van der Waals surface area (Å²) in [7, 11) is 1.64. The number of hydrogen-bond acceptors (Lipinski definition) is 4. The van der Waals surface area contributed by atoms with Crippen LogP contribution in [0.4, 0.5) is 5.82 Å². The van der Waals surface area contributed by atoms with E-state index in [1.165, 1.54) is 0 Å². The first-order valence-corrected chi connectivity index (χ1v) is 9.82. The maximum absolute atomic E-state index is 12.8. The fraction of sp³-hybridized carbons (Fsp3) is 0.261. The molecule has 148 valence electrons. The molecule has 2 heterocycles. The first-order chi connectivity index (χ1) is 14.1. The third kappa shape index (κ3) is 3.78. The van der Waals surface area contributed by atoms with Gasteiger partial charge in [0.25, 0.3) is 5.91 Å². The molecule has 4 rings (SSSR count). The Bertz CT molecular complexity index is 1200. The van der Waals surface area contributed by atoms with E-state index >= 15 is 0 Å². The Morgan fingerprint density at radius 2 is 2.03 bits per heavy atom. The molecule has 0 aliphatic rings. The lowest BCUT2D eigenvalue weighted by atomic mass is 10.1. The lowest BCUT2D eigenvalue weighted by Crippen LogP contribution is -2.13. The number of carbonyl (C=O) groups excluding carboxylic acids is 1. The highest BCUT2D eigenvalue weighted by atomic mass is 16.5. The summed E-state index contributed by atoms with van der Waals surface area (Å²) >= 11 is 0. The monoisotopic (exact) mass is 388 g/mol. The number of fused-ring (bicyclic) bond motifs is 2. The van der Waals surface area contributed by atoms with Gasteiger partial charge in [-0.25, -0.2) is 9.67 Å². The zero-order valence-electron chi connectivity index (χ0n) is 16.9. The molecular weight excluding hydrogens is 364 g/mol. The molecule has 0 aliphatic carbocycles. The van der Waals surface area contributed by atoms with Gasteiger partial charge in [0.05, 0.1) is 18.0 Å². The van der Waals surface area contributed by atoms with Gasteiger partial charge < -0.3 is 10.1 Å². The van der Waals surface area contributed by atoms with Crippen LogP contribution in [-0.4, -0.2) is 27.8 Å². The lowest BCUT2D eigenvalue weighted by molar-refractivity contribution is 0.102. The molecule has 6 heteroatoms. The topological polar surface area (TPSA) is 69.0 Å².